The first kappa shape index (κ1) is 10.8. The van der Waals surface area contributed by atoms with Gasteiger partial charge in [-0.2, -0.15) is 0 Å². The fourth-order valence-electron chi connectivity index (χ4n) is 2.69. The predicted molar refractivity (Wildman–Crippen MR) is 69.5 cm³/mol. The second-order valence-electron chi connectivity index (χ2n) is 5.48. The average molecular weight is 229 g/mol. The summed E-state index contributed by atoms with van der Waals surface area (Å²) >= 11 is 0. The maximum atomic E-state index is 11.2. The van der Waals surface area contributed by atoms with Gasteiger partial charge < -0.3 is 4.90 Å². The monoisotopic (exact) mass is 229 g/mol. The molecule has 90 valence electrons. The molecule has 0 bridgehead atoms. The second kappa shape index (κ2) is 4.17. The van der Waals surface area contributed by atoms with E-state index < -0.39 is 0 Å². The largest absolute Gasteiger partial charge is 0.371 e. The first-order chi connectivity index (χ1) is 8.22. The Kier molecular flexibility index (Phi) is 2.65. The van der Waals surface area contributed by atoms with E-state index in [0.717, 1.165) is 12.5 Å². The summed E-state index contributed by atoms with van der Waals surface area (Å²) in [5.74, 6) is 1.18. The molecule has 0 saturated heterocycles. The molecule has 17 heavy (non-hydrogen) atoms. The minimum absolute atomic E-state index is 0.247. The highest BCUT2D eigenvalue weighted by Gasteiger charge is 2.27. The molecule has 1 heterocycles. The van der Waals surface area contributed by atoms with Crippen LogP contribution in [-0.4, -0.2) is 18.9 Å². The molecule has 0 aromatic heterocycles. The van der Waals surface area contributed by atoms with Crippen molar-refractivity contribution in [3.63, 3.8) is 0 Å². The molecule has 0 amide bonds. The molecule has 1 saturated carbocycles. The van der Waals surface area contributed by atoms with E-state index in [1.54, 1.807) is 6.92 Å². The number of Topliss-reactive ketones (excluding diaryl/α,β-unsaturated/α-hetero) is 1. The van der Waals surface area contributed by atoms with Gasteiger partial charge in [0.05, 0.1) is 0 Å². The summed E-state index contributed by atoms with van der Waals surface area (Å²) in [7, 11) is 0. The van der Waals surface area contributed by atoms with Crippen LogP contribution in [0.15, 0.2) is 18.2 Å². The number of fused-ring (bicyclic) bond motifs is 1. The number of carbonyl (C=O) groups excluding carboxylic acids is 1. The zero-order valence-electron chi connectivity index (χ0n) is 10.4. The smallest absolute Gasteiger partial charge is 0.134 e. The van der Waals surface area contributed by atoms with Gasteiger partial charge in [-0.25, -0.2) is 0 Å². The van der Waals surface area contributed by atoms with Crippen molar-refractivity contribution in [1.82, 2.24) is 0 Å². The van der Waals surface area contributed by atoms with Crippen molar-refractivity contribution in [1.29, 1.82) is 0 Å². The lowest BCUT2D eigenvalue weighted by molar-refractivity contribution is -0.116. The highest BCUT2D eigenvalue weighted by molar-refractivity contribution is 5.78. The quantitative estimate of drug-likeness (QED) is 0.791. The van der Waals surface area contributed by atoms with E-state index in [2.05, 4.69) is 23.1 Å². The molecular formula is C15H19NO. The first-order valence-corrected chi connectivity index (χ1v) is 6.58. The van der Waals surface area contributed by atoms with Crippen molar-refractivity contribution >= 4 is 11.5 Å². The Labute approximate surface area is 103 Å². The third-order valence-corrected chi connectivity index (χ3v) is 3.77. The van der Waals surface area contributed by atoms with Crippen LogP contribution in [-0.2, 0) is 17.6 Å². The van der Waals surface area contributed by atoms with Crippen molar-refractivity contribution in [2.75, 3.05) is 18.0 Å². The van der Waals surface area contributed by atoms with Crippen LogP contribution in [0.3, 0.4) is 0 Å². The van der Waals surface area contributed by atoms with Crippen LogP contribution in [0, 0.1) is 5.92 Å². The van der Waals surface area contributed by atoms with Gasteiger partial charge in [0.2, 0.25) is 0 Å². The van der Waals surface area contributed by atoms with E-state index in [1.165, 1.54) is 42.6 Å². The number of hydrogen-bond acceptors (Lipinski definition) is 2. The predicted octanol–water partition coefficient (Wildman–Crippen LogP) is 2.59. The molecule has 3 rings (SSSR count). The first-order valence-electron chi connectivity index (χ1n) is 6.58. The Hall–Kier alpha value is -1.31. The molecular weight excluding hydrogens is 210 g/mol. The van der Waals surface area contributed by atoms with Gasteiger partial charge in [0.15, 0.2) is 0 Å². The Morgan fingerprint density at radius 3 is 2.94 bits per heavy atom. The molecule has 0 N–H and O–H groups in total. The molecule has 1 aromatic rings. The summed E-state index contributed by atoms with van der Waals surface area (Å²) in [6.07, 6.45) is 4.55. The van der Waals surface area contributed by atoms with Gasteiger partial charge in [0, 0.05) is 25.2 Å². The Morgan fingerprint density at radius 1 is 1.41 bits per heavy atom. The van der Waals surface area contributed by atoms with Crippen LogP contribution in [0.2, 0.25) is 0 Å². The summed E-state index contributed by atoms with van der Waals surface area (Å²) in [6, 6.07) is 6.55. The van der Waals surface area contributed by atoms with E-state index in [9.17, 15) is 4.79 Å². The number of carbonyl (C=O) groups is 1. The fraction of sp³-hybridized carbons (Fsp3) is 0.533. The van der Waals surface area contributed by atoms with Crippen molar-refractivity contribution in [2.45, 2.75) is 32.6 Å². The van der Waals surface area contributed by atoms with Crippen LogP contribution in [0.1, 0.15) is 30.9 Å². The standard InChI is InChI=1S/C15H19NO/c1-11(17)8-13-4-5-14-6-7-16(15(14)9-13)10-12-2-3-12/h4-5,9,12H,2-3,6-8,10H2,1H3. The van der Waals surface area contributed by atoms with Crippen LogP contribution in [0.4, 0.5) is 5.69 Å². The molecule has 2 heteroatoms. The van der Waals surface area contributed by atoms with Crippen LogP contribution in [0.25, 0.3) is 0 Å². The van der Waals surface area contributed by atoms with E-state index >= 15 is 0 Å². The van der Waals surface area contributed by atoms with Crippen molar-refractivity contribution in [3.8, 4) is 0 Å². The van der Waals surface area contributed by atoms with Gasteiger partial charge in [0.25, 0.3) is 0 Å². The highest BCUT2D eigenvalue weighted by atomic mass is 16.1. The number of anilines is 1. The van der Waals surface area contributed by atoms with Gasteiger partial charge in [0.1, 0.15) is 5.78 Å². The Bertz CT molecular complexity index is 448. The highest BCUT2D eigenvalue weighted by Crippen LogP contribution is 2.35. The molecule has 2 aliphatic rings. The van der Waals surface area contributed by atoms with E-state index in [4.69, 9.17) is 0 Å². The van der Waals surface area contributed by atoms with Crippen LogP contribution in [0.5, 0.6) is 0 Å². The second-order valence-corrected chi connectivity index (χ2v) is 5.48. The lowest BCUT2D eigenvalue weighted by Crippen LogP contribution is -2.23. The molecule has 2 nitrogen and oxygen atoms in total. The number of rotatable bonds is 4. The van der Waals surface area contributed by atoms with Crippen molar-refractivity contribution in [2.24, 2.45) is 5.92 Å². The Morgan fingerprint density at radius 2 is 2.24 bits per heavy atom. The summed E-state index contributed by atoms with van der Waals surface area (Å²) in [4.78, 5) is 13.7. The SMILES string of the molecule is CC(=O)Cc1ccc2c(c1)N(CC1CC1)CC2. The van der Waals surface area contributed by atoms with Gasteiger partial charge in [-0.15, -0.1) is 0 Å². The van der Waals surface area contributed by atoms with Gasteiger partial charge in [-0.3, -0.25) is 4.79 Å². The zero-order valence-corrected chi connectivity index (χ0v) is 10.4. The molecule has 0 spiro atoms. The minimum atomic E-state index is 0.247. The van der Waals surface area contributed by atoms with Crippen molar-refractivity contribution in [3.05, 3.63) is 29.3 Å². The molecule has 0 unspecified atom stereocenters. The zero-order chi connectivity index (χ0) is 11.8. The number of ketones is 1. The summed E-state index contributed by atoms with van der Waals surface area (Å²) in [6.45, 7) is 4.04. The maximum Gasteiger partial charge on any atom is 0.134 e. The number of nitrogens with zero attached hydrogens (tertiary/aromatic N) is 1. The summed E-state index contributed by atoms with van der Waals surface area (Å²) in [5.41, 5.74) is 4.01. The summed E-state index contributed by atoms with van der Waals surface area (Å²) in [5, 5.41) is 0. The van der Waals surface area contributed by atoms with Crippen LogP contribution >= 0.6 is 0 Å². The van der Waals surface area contributed by atoms with E-state index in [-0.39, 0.29) is 5.78 Å². The summed E-state index contributed by atoms with van der Waals surface area (Å²) < 4.78 is 0. The maximum absolute atomic E-state index is 11.2. The number of hydrogen-bond donors (Lipinski definition) is 0. The van der Waals surface area contributed by atoms with E-state index in [1.807, 2.05) is 0 Å². The van der Waals surface area contributed by atoms with Gasteiger partial charge >= 0.3 is 0 Å². The minimum Gasteiger partial charge on any atom is -0.371 e. The topological polar surface area (TPSA) is 20.3 Å². The molecule has 1 aliphatic heterocycles. The van der Waals surface area contributed by atoms with Crippen LogP contribution < -0.4 is 4.90 Å². The normalized spacial score (nSPS) is 18.3. The van der Waals surface area contributed by atoms with Crippen molar-refractivity contribution < 1.29 is 4.79 Å². The van der Waals surface area contributed by atoms with Gasteiger partial charge in [-0.05, 0) is 49.3 Å². The third kappa shape index (κ3) is 2.36. The Balaban J connectivity index is 1.81. The van der Waals surface area contributed by atoms with E-state index in [0.29, 0.717) is 6.42 Å². The molecule has 1 aromatic carbocycles. The lowest BCUT2D eigenvalue weighted by atomic mass is 10.1. The number of benzene rings is 1. The lowest BCUT2D eigenvalue weighted by Gasteiger charge is -2.19. The fourth-order valence-corrected chi connectivity index (χ4v) is 2.69. The molecule has 1 fully saturated rings. The molecule has 0 radical (unpaired) electrons. The third-order valence-electron chi connectivity index (χ3n) is 3.77. The average Bonchev–Trinajstić information content (AvgIpc) is 3.00. The molecule has 0 atom stereocenters. The van der Waals surface area contributed by atoms with Gasteiger partial charge in [-0.1, -0.05) is 12.1 Å². The molecule has 1 aliphatic carbocycles.